The predicted molar refractivity (Wildman–Crippen MR) is 133 cm³/mol. The van der Waals surface area contributed by atoms with Crippen LogP contribution in [0.3, 0.4) is 0 Å². The normalized spacial score (nSPS) is 19.9. The maximum atomic E-state index is 12.2. The Balaban J connectivity index is 1.21. The molecule has 1 saturated heterocycles. The number of hydrogen-bond donors (Lipinski definition) is 2. The van der Waals surface area contributed by atoms with Crippen LogP contribution < -0.4 is 5.32 Å². The minimum atomic E-state index is -0.857. The maximum absolute atomic E-state index is 12.2. The van der Waals surface area contributed by atoms with Gasteiger partial charge in [0.2, 0.25) is 0 Å². The molecule has 0 radical (unpaired) electrons. The highest BCUT2D eigenvalue weighted by atomic mass is 16.5. The number of carbonyl (C=O) groups excluding carboxylic acids is 1. The lowest BCUT2D eigenvalue weighted by molar-refractivity contribution is -0.142. The molecule has 1 aromatic carbocycles. The second kappa shape index (κ2) is 12.7. The Kier molecular flexibility index (Phi) is 9.17. The van der Waals surface area contributed by atoms with Crippen LogP contribution in [0.2, 0.25) is 0 Å². The molecule has 0 spiro atoms. The fourth-order valence-corrected chi connectivity index (χ4v) is 5.36. The first kappa shape index (κ1) is 25.2. The number of carboxylic acid groups (broad SMARTS) is 1. The van der Waals surface area contributed by atoms with Gasteiger partial charge in [-0.3, -0.25) is 9.69 Å². The van der Waals surface area contributed by atoms with Crippen LogP contribution in [-0.4, -0.2) is 56.8 Å². The number of carbonyl (C=O) groups is 2. The highest BCUT2D eigenvalue weighted by molar-refractivity contribution is 5.74. The number of ether oxygens (including phenoxy) is 1. The van der Waals surface area contributed by atoms with Crippen molar-refractivity contribution in [3.8, 4) is 0 Å². The summed E-state index contributed by atoms with van der Waals surface area (Å²) < 4.78 is 7.40. The number of likely N-dealkylation sites (tertiary alicyclic amines) is 1. The van der Waals surface area contributed by atoms with Crippen molar-refractivity contribution in [3.63, 3.8) is 0 Å². The summed E-state index contributed by atoms with van der Waals surface area (Å²) in [4.78, 5) is 30.6. The van der Waals surface area contributed by atoms with Crippen molar-refractivity contribution in [2.45, 2.75) is 83.0 Å². The molecule has 8 heteroatoms. The molecule has 2 fully saturated rings. The van der Waals surface area contributed by atoms with Gasteiger partial charge >= 0.3 is 12.1 Å². The van der Waals surface area contributed by atoms with E-state index in [1.807, 2.05) is 47.8 Å². The van der Waals surface area contributed by atoms with Gasteiger partial charge in [0.1, 0.15) is 12.6 Å². The monoisotopic (exact) mass is 482 g/mol. The number of carboxylic acids is 1. The second-order valence-corrected chi connectivity index (χ2v) is 9.99. The molecule has 0 bridgehead atoms. The van der Waals surface area contributed by atoms with Crippen LogP contribution >= 0.6 is 0 Å². The lowest BCUT2D eigenvalue weighted by atomic mass is 9.86. The summed E-state index contributed by atoms with van der Waals surface area (Å²) in [7, 11) is 0. The minimum Gasteiger partial charge on any atom is -0.480 e. The molecule has 2 aliphatic rings. The molecule has 1 amide bonds. The fraction of sp³-hybridized carbons (Fsp3) is 0.593. The zero-order valence-electron chi connectivity index (χ0n) is 20.5. The van der Waals surface area contributed by atoms with Gasteiger partial charge in [-0.25, -0.2) is 9.78 Å². The quantitative estimate of drug-likeness (QED) is 0.497. The summed E-state index contributed by atoms with van der Waals surface area (Å²) in [6, 6.07) is 8.74. The summed E-state index contributed by atoms with van der Waals surface area (Å²) in [6.07, 6.45) is 13.7. The average molecular weight is 483 g/mol. The number of benzene rings is 1. The molecule has 8 nitrogen and oxygen atoms in total. The number of rotatable bonds is 11. The summed E-state index contributed by atoms with van der Waals surface area (Å²) in [6.45, 7) is 2.24. The largest absolute Gasteiger partial charge is 0.480 e. The van der Waals surface area contributed by atoms with Gasteiger partial charge in [-0.1, -0.05) is 62.4 Å². The molecule has 1 aromatic heterocycles. The van der Waals surface area contributed by atoms with Crippen LogP contribution in [0.1, 0.15) is 62.6 Å². The van der Waals surface area contributed by atoms with Gasteiger partial charge in [0, 0.05) is 38.3 Å². The number of imidazole rings is 1. The van der Waals surface area contributed by atoms with Crippen LogP contribution in [-0.2, 0) is 29.1 Å². The Bertz CT molecular complexity index is 942. The van der Waals surface area contributed by atoms with Crippen LogP contribution in [0.15, 0.2) is 42.9 Å². The third-order valence-corrected chi connectivity index (χ3v) is 7.32. The number of hydrogen-bond acceptors (Lipinski definition) is 5. The first-order chi connectivity index (χ1) is 17.1. The molecular weight excluding hydrogens is 444 g/mol. The lowest BCUT2D eigenvalue weighted by Gasteiger charge is -2.23. The lowest BCUT2D eigenvalue weighted by Crippen LogP contribution is -2.44. The van der Waals surface area contributed by atoms with Crippen LogP contribution in [0.25, 0.3) is 0 Å². The number of aryl methyl sites for hydroxylation is 1. The number of nitrogens with one attached hydrogen (secondary N) is 1. The van der Waals surface area contributed by atoms with E-state index in [-0.39, 0.29) is 12.6 Å². The fourth-order valence-electron chi connectivity index (χ4n) is 5.36. The van der Waals surface area contributed by atoms with Crippen LogP contribution in [0, 0.1) is 5.92 Å². The molecule has 2 atom stereocenters. The molecule has 1 aliphatic heterocycles. The molecule has 2 aromatic rings. The van der Waals surface area contributed by atoms with Gasteiger partial charge in [-0.05, 0) is 30.7 Å². The standard InChI is InChI=1S/C27H38N4O4/c32-26(33)25(16-24-17-30(20-28-24)14-7-12-21-8-3-1-4-9-21)31-15-13-23(18-31)29-27(34)35-19-22-10-5-2-6-11-22/h2,5-6,10-11,17,20-21,23,25H,1,3-4,7-9,12-16,18-19H2,(H,29,34)(H,32,33). The van der Waals surface area contributed by atoms with E-state index in [1.54, 1.807) is 0 Å². The number of aromatic nitrogens is 2. The highest BCUT2D eigenvalue weighted by Crippen LogP contribution is 2.27. The zero-order chi connectivity index (χ0) is 24.5. The number of alkyl carbamates (subject to hydrolysis) is 1. The van der Waals surface area contributed by atoms with E-state index in [9.17, 15) is 14.7 Å². The van der Waals surface area contributed by atoms with Gasteiger partial charge in [0.15, 0.2) is 0 Å². The summed E-state index contributed by atoms with van der Waals surface area (Å²) >= 11 is 0. The zero-order valence-corrected chi connectivity index (χ0v) is 20.5. The maximum Gasteiger partial charge on any atom is 0.407 e. The molecule has 35 heavy (non-hydrogen) atoms. The van der Waals surface area contributed by atoms with Crippen LogP contribution in [0.5, 0.6) is 0 Å². The Morgan fingerprint density at radius 1 is 1.14 bits per heavy atom. The van der Waals surface area contributed by atoms with Gasteiger partial charge in [0.25, 0.3) is 0 Å². The summed E-state index contributed by atoms with van der Waals surface area (Å²) in [5.41, 5.74) is 1.73. The summed E-state index contributed by atoms with van der Waals surface area (Å²) in [5, 5.41) is 12.8. The van der Waals surface area contributed by atoms with E-state index in [1.165, 1.54) is 38.5 Å². The first-order valence-electron chi connectivity index (χ1n) is 13.0. The molecular formula is C27H38N4O4. The van der Waals surface area contributed by atoms with Gasteiger partial charge < -0.3 is 19.7 Å². The summed E-state index contributed by atoms with van der Waals surface area (Å²) in [5.74, 6) is 0.0135. The van der Waals surface area contributed by atoms with E-state index in [4.69, 9.17) is 4.74 Å². The molecule has 4 rings (SSSR count). The Hall–Kier alpha value is -2.87. The van der Waals surface area contributed by atoms with Crippen molar-refractivity contribution in [3.05, 3.63) is 54.1 Å². The van der Waals surface area contributed by atoms with Crippen molar-refractivity contribution < 1.29 is 19.4 Å². The van der Waals surface area contributed by atoms with Crippen molar-refractivity contribution in [2.24, 2.45) is 5.92 Å². The predicted octanol–water partition coefficient (Wildman–Crippen LogP) is 4.24. The van der Waals surface area contributed by atoms with E-state index >= 15 is 0 Å². The second-order valence-electron chi connectivity index (χ2n) is 9.99. The highest BCUT2D eigenvalue weighted by Gasteiger charge is 2.33. The van der Waals surface area contributed by atoms with Crippen molar-refractivity contribution in [2.75, 3.05) is 13.1 Å². The molecule has 190 valence electrons. The Morgan fingerprint density at radius 3 is 2.71 bits per heavy atom. The number of aliphatic carboxylic acids is 1. The van der Waals surface area contributed by atoms with E-state index in [2.05, 4.69) is 14.9 Å². The Morgan fingerprint density at radius 2 is 1.94 bits per heavy atom. The van der Waals surface area contributed by atoms with Crippen LogP contribution in [0.4, 0.5) is 4.79 Å². The minimum absolute atomic E-state index is 0.127. The topological polar surface area (TPSA) is 96.7 Å². The van der Waals surface area contributed by atoms with Crippen molar-refractivity contribution in [1.29, 1.82) is 0 Å². The average Bonchev–Trinajstić information content (AvgIpc) is 3.52. The SMILES string of the molecule is O=C(NC1CCN(C(Cc2cn(CCCC3CCCCC3)cn2)C(=O)O)C1)OCc1ccccc1. The van der Waals surface area contributed by atoms with Gasteiger partial charge in [-0.15, -0.1) is 0 Å². The van der Waals surface area contributed by atoms with E-state index < -0.39 is 18.1 Å². The van der Waals surface area contributed by atoms with Gasteiger partial charge in [-0.2, -0.15) is 0 Å². The first-order valence-corrected chi connectivity index (χ1v) is 13.0. The number of nitrogens with zero attached hydrogens (tertiary/aromatic N) is 3. The molecule has 2 heterocycles. The Labute approximate surface area is 207 Å². The molecule has 1 aliphatic carbocycles. The smallest absolute Gasteiger partial charge is 0.407 e. The molecule has 1 saturated carbocycles. The van der Waals surface area contributed by atoms with Crippen molar-refractivity contribution in [1.82, 2.24) is 19.8 Å². The van der Waals surface area contributed by atoms with E-state index in [0.717, 1.165) is 30.1 Å². The van der Waals surface area contributed by atoms with Crippen molar-refractivity contribution >= 4 is 12.1 Å². The molecule has 2 unspecified atom stereocenters. The third-order valence-electron chi connectivity index (χ3n) is 7.32. The third kappa shape index (κ3) is 7.82. The number of amides is 1. The molecule has 2 N–H and O–H groups in total. The van der Waals surface area contributed by atoms with E-state index in [0.29, 0.717) is 25.9 Å². The van der Waals surface area contributed by atoms with Gasteiger partial charge in [0.05, 0.1) is 12.0 Å².